The maximum Gasteiger partial charge on any atom is 0.410 e. The van der Waals surface area contributed by atoms with Gasteiger partial charge < -0.3 is 13.8 Å². The van der Waals surface area contributed by atoms with Crippen LogP contribution in [0, 0.1) is 6.92 Å². The van der Waals surface area contributed by atoms with E-state index in [1.165, 1.54) is 27.9 Å². The minimum absolute atomic E-state index is 0.0212. The van der Waals surface area contributed by atoms with Crippen molar-refractivity contribution in [1.82, 2.24) is 14.3 Å². The minimum atomic E-state index is -4.14. The Morgan fingerprint density at radius 3 is 2.42 bits per heavy atom. The molecule has 1 fully saturated rings. The summed E-state index contributed by atoms with van der Waals surface area (Å²) in [6, 6.07) is 7.27. The van der Waals surface area contributed by atoms with Gasteiger partial charge in [0.2, 0.25) is 10.8 Å². The Balaban J connectivity index is 1.56. The number of hydrogen-bond donors (Lipinski definition) is 0. The molecule has 0 aliphatic carbocycles. The monoisotopic (exact) mass is 534 g/mol. The Labute approximate surface area is 214 Å². The number of benzene rings is 1. The summed E-state index contributed by atoms with van der Waals surface area (Å²) in [5.74, 6) is -0.288. The zero-order valence-corrected chi connectivity index (χ0v) is 22.8. The lowest BCUT2D eigenvalue weighted by Crippen LogP contribution is -2.61. The molecule has 3 heterocycles. The summed E-state index contributed by atoms with van der Waals surface area (Å²) < 4.78 is 37.4. The van der Waals surface area contributed by atoms with E-state index >= 15 is 0 Å². The number of ether oxygens (including phenoxy) is 1. The van der Waals surface area contributed by atoms with Gasteiger partial charge >= 0.3 is 16.2 Å². The summed E-state index contributed by atoms with van der Waals surface area (Å²) in [4.78, 5) is 33.8. The van der Waals surface area contributed by atoms with E-state index in [1.807, 2.05) is 41.5 Å². The summed E-state index contributed by atoms with van der Waals surface area (Å²) in [7, 11) is -4.14. The SMILES string of the molecule is Cc1ccc(S(=O)(=O)Oc2cc(=O)n3cc(N4CCN(C(=O)OC(C)(C)C)C(C)(C)C4)sc3n2)cc1. The van der Waals surface area contributed by atoms with Gasteiger partial charge in [-0.15, -0.1) is 0 Å². The maximum absolute atomic E-state index is 12.7. The topological polar surface area (TPSA) is 111 Å². The van der Waals surface area contributed by atoms with Gasteiger partial charge in [-0.25, -0.2) is 4.79 Å². The number of thiazole rings is 1. The second-order valence-electron chi connectivity index (χ2n) is 10.4. The number of rotatable bonds is 4. The Hall–Kier alpha value is -3.12. The van der Waals surface area contributed by atoms with E-state index in [9.17, 15) is 18.0 Å². The summed E-state index contributed by atoms with van der Waals surface area (Å²) in [5, 5.41) is 0.773. The van der Waals surface area contributed by atoms with Gasteiger partial charge in [0, 0.05) is 25.8 Å². The van der Waals surface area contributed by atoms with Crippen molar-refractivity contribution in [1.29, 1.82) is 0 Å². The van der Waals surface area contributed by atoms with Crippen molar-refractivity contribution in [3.63, 3.8) is 0 Å². The fraction of sp³-hybridized carbons (Fsp3) is 0.458. The zero-order valence-electron chi connectivity index (χ0n) is 21.1. The molecule has 0 unspecified atom stereocenters. The first-order valence-electron chi connectivity index (χ1n) is 11.4. The molecule has 0 radical (unpaired) electrons. The predicted molar refractivity (Wildman–Crippen MR) is 138 cm³/mol. The van der Waals surface area contributed by atoms with Crippen LogP contribution in [0.15, 0.2) is 46.2 Å². The normalized spacial score (nSPS) is 16.3. The van der Waals surface area contributed by atoms with Crippen molar-refractivity contribution < 1.29 is 22.1 Å². The Morgan fingerprint density at radius 1 is 1.14 bits per heavy atom. The van der Waals surface area contributed by atoms with Gasteiger partial charge in [-0.3, -0.25) is 14.1 Å². The van der Waals surface area contributed by atoms with E-state index in [0.717, 1.165) is 16.6 Å². The molecule has 0 N–H and O–H groups in total. The van der Waals surface area contributed by atoms with Crippen LogP contribution in [0.2, 0.25) is 0 Å². The van der Waals surface area contributed by atoms with Crippen LogP contribution in [-0.2, 0) is 14.9 Å². The van der Waals surface area contributed by atoms with E-state index < -0.39 is 26.8 Å². The zero-order chi connectivity index (χ0) is 26.5. The van der Waals surface area contributed by atoms with Gasteiger partial charge in [-0.2, -0.15) is 13.4 Å². The van der Waals surface area contributed by atoms with E-state index in [1.54, 1.807) is 23.2 Å². The van der Waals surface area contributed by atoms with Gasteiger partial charge in [0.25, 0.3) is 5.56 Å². The molecule has 1 aromatic carbocycles. The molecule has 1 aliphatic heterocycles. The predicted octanol–water partition coefficient (Wildman–Crippen LogP) is 3.67. The lowest BCUT2D eigenvalue weighted by molar-refractivity contribution is 0.000425. The number of carbonyl (C=O) groups excluding carboxylic acids is 1. The Bertz CT molecular complexity index is 1450. The van der Waals surface area contributed by atoms with Crippen molar-refractivity contribution in [3.05, 3.63) is 52.4 Å². The number of aromatic nitrogens is 2. The molecule has 1 saturated heterocycles. The number of fused-ring (bicyclic) bond motifs is 1. The van der Waals surface area contributed by atoms with Crippen LogP contribution in [0.5, 0.6) is 5.88 Å². The van der Waals surface area contributed by atoms with Crippen molar-refractivity contribution in [2.75, 3.05) is 24.5 Å². The minimum Gasteiger partial charge on any atom is -0.444 e. The third-order valence-electron chi connectivity index (χ3n) is 5.66. The van der Waals surface area contributed by atoms with E-state index in [2.05, 4.69) is 9.88 Å². The van der Waals surface area contributed by atoms with Gasteiger partial charge in [0.15, 0.2) is 0 Å². The molecular formula is C24H30N4O6S2. The summed E-state index contributed by atoms with van der Waals surface area (Å²) in [5.41, 5.74) is -0.655. The lowest BCUT2D eigenvalue weighted by atomic mass is 9.99. The molecule has 0 bridgehead atoms. The lowest BCUT2D eigenvalue weighted by Gasteiger charge is -2.47. The Morgan fingerprint density at radius 2 is 1.81 bits per heavy atom. The largest absolute Gasteiger partial charge is 0.444 e. The van der Waals surface area contributed by atoms with Crippen LogP contribution in [0.3, 0.4) is 0 Å². The molecule has 10 nitrogen and oxygen atoms in total. The fourth-order valence-electron chi connectivity index (χ4n) is 3.92. The summed E-state index contributed by atoms with van der Waals surface area (Å²) >= 11 is 1.24. The van der Waals surface area contributed by atoms with Crippen LogP contribution in [-0.4, -0.2) is 59.6 Å². The molecule has 0 atom stereocenters. The van der Waals surface area contributed by atoms with Gasteiger partial charge in [0.05, 0.1) is 11.6 Å². The maximum atomic E-state index is 12.7. The van der Waals surface area contributed by atoms with Crippen LogP contribution >= 0.6 is 11.3 Å². The van der Waals surface area contributed by atoms with E-state index in [0.29, 0.717) is 24.6 Å². The first-order chi connectivity index (χ1) is 16.6. The van der Waals surface area contributed by atoms with Crippen LogP contribution in [0.25, 0.3) is 4.96 Å². The molecule has 2 aromatic heterocycles. The number of piperazine rings is 1. The highest BCUT2D eigenvalue weighted by molar-refractivity contribution is 7.87. The Kier molecular flexibility index (Phi) is 6.54. The van der Waals surface area contributed by atoms with Crippen molar-refractivity contribution in [2.24, 2.45) is 0 Å². The van der Waals surface area contributed by atoms with Crippen LogP contribution in [0.4, 0.5) is 9.80 Å². The van der Waals surface area contributed by atoms with Gasteiger partial charge in [-0.1, -0.05) is 29.0 Å². The second kappa shape index (κ2) is 9.07. The fourth-order valence-corrected chi connectivity index (χ4v) is 5.81. The van der Waals surface area contributed by atoms with Crippen molar-refractivity contribution >= 4 is 37.5 Å². The quantitative estimate of drug-likeness (QED) is 0.467. The first kappa shape index (κ1) is 26.0. The third-order valence-corrected chi connectivity index (χ3v) is 7.95. The molecule has 0 spiro atoms. The summed E-state index contributed by atoms with van der Waals surface area (Å²) in [6.45, 7) is 12.8. The number of anilines is 1. The third kappa shape index (κ3) is 5.49. The molecule has 4 rings (SSSR count). The molecule has 194 valence electrons. The van der Waals surface area contributed by atoms with Crippen LogP contribution < -0.4 is 14.6 Å². The molecule has 12 heteroatoms. The number of nitrogens with zero attached hydrogens (tertiary/aromatic N) is 4. The number of aryl methyl sites for hydroxylation is 1. The highest BCUT2D eigenvalue weighted by atomic mass is 32.2. The smallest absolute Gasteiger partial charge is 0.410 e. The van der Waals surface area contributed by atoms with Crippen molar-refractivity contribution in [2.45, 2.75) is 57.6 Å². The molecule has 1 amide bonds. The first-order valence-corrected chi connectivity index (χ1v) is 13.7. The van der Waals surface area contributed by atoms with Crippen LogP contribution in [0.1, 0.15) is 40.2 Å². The number of hydrogen-bond acceptors (Lipinski definition) is 9. The molecule has 3 aromatic rings. The van der Waals surface area contributed by atoms with Gasteiger partial charge in [0.1, 0.15) is 15.5 Å². The standard InChI is InChI=1S/C24H30N4O6S2/c1-16-7-9-17(10-8-16)36(31,32)34-18-13-19(29)27-14-20(35-21(27)25-18)26-11-12-28(24(5,6)15-26)22(30)33-23(2,3)4/h7-10,13-14H,11-12,15H2,1-6H3. The molecule has 36 heavy (non-hydrogen) atoms. The highest BCUT2D eigenvalue weighted by Gasteiger charge is 2.39. The van der Waals surface area contributed by atoms with E-state index in [4.69, 9.17) is 8.92 Å². The average molecular weight is 535 g/mol. The summed E-state index contributed by atoms with van der Waals surface area (Å²) in [6.07, 6.45) is 1.31. The van der Waals surface area contributed by atoms with Crippen molar-refractivity contribution in [3.8, 4) is 5.88 Å². The highest BCUT2D eigenvalue weighted by Crippen LogP contribution is 2.32. The number of carbonyl (C=O) groups is 1. The second-order valence-corrected chi connectivity index (χ2v) is 12.9. The number of amides is 1. The molecular weight excluding hydrogens is 504 g/mol. The average Bonchev–Trinajstić information content (AvgIpc) is 3.16. The van der Waals surface area contributed by atoms with Gasteiger partial charge in [-0.05, 0) is 53.7 Å². The molecule has 0 saturated carbocycles. The van der Waals surface area contributed by atoms with E-state index in [-0.39, 0.29) is 16.9 Å². The molecule has 1 aliphatic rings.